The lowest BCUT2D eigenvalue weighted by molar-refractivity contribution is -0.214. The molecule has 3 rings (SSSR count). The Morgan fingerprint density at radius 3 is 2.31 bits per heavy atom. The molecule has 1 aliphatic rings. The largest absolute Gasteiger partial charge is 0.433 e. The standard InChI is InChI=1S/C20H16F6N2O/c21-19(22,23)17-10-15(8-7-14(17)11-27)28-12-16(29-18(28)20(24,25)26)9-6-13-4-2-1-3-5-13/h1-5,7-8,10,16,18H,6,9,12H2/t16-,18-/m1/s1. The number of halogens is 6. The van der Waals surface area contributed by atoms with E-state index >= 15 is 0 Å². The van der Waals surface area contributed by atoms with Crippen molar-refractivity contribution in [2.24, 2.45) is 0 Å². The minimum atomic E-state index is -4.86. The Balaban J connectivity index is 1.85. The summed E-state index contributed by atoms with van der Waals surface area (Å²) in [4.78, 5) is 0.770. The molecule has 0 N–H and O–H groups in total. The smallest absolute Gasteiger partial charge is 0.345 e. The number of aryl methyl sites for hydroxylation is 1. The van der Waals surface area contributed by atoms with Gasteiger partial charge in [-0.15, -0.1) is 0 Å². The van der Waals surface area contributed by atoms with E-state index in [2.05, 4.69) is 0 Å². The van der Waals surface area contributed by atoms with Gasteiger partial charge in [0.1, 0.15) is 0 Å². The number of benzene rings is 2. The van der Waals surface area contributed by atoms with Gasteiger partial charge in [0.15, 0.2) is 0 Å². The van der Waals surface area contributed by atoms with Gasteiger partial charge in [0, 0.05) is 12.2 Å². The summed E-state index contributed by atoms with van der Waals surface area (Å²) in [6.07, 6.45) is -12.0. The molecular weight excluding hydrogens is 398 g/mol. The van der Waals surface area contributed by atoms with Gasteiger partial charge < -0.3 is 9.64 Å². The van der Waals surface area contributed by atoms with Gasteiger partial charge in [0.05, 0.1) is 23.3 Å². The van der Waals surface area contributed by atoms with Gasteiger partial charge in [-0.1, -0.05) is 30.3 Å². The van der Waals surface area contributed by atoms with Gasteiger partial charge in [0.25, 0.3) is 0 Å². The molecule has 0 aromatic heterocycles. The summed E-state index contributed by atoms with van der Waals surface area (Å²) in [5, 5.41) is 8.87. The highest BCUT2D eigenvalue weighted by atomic mass is 19.4. The zero-order valence-electron chi connectivity index (χ0n) is 15.0. The van der Waals surface area contributed by atoms with Crippen LogP contribution in [-0.4, -0.2) is 25.1 Å². The molecule has 154 valence electrons. The zero-order chi connectivity index (χ0) is 21.2. The van der Waals surface area contributed by atoms with E-state index in [-0.39, 0.29) is 18.7 Å². The minimum absolute atomic E-state index is 0.208. The van der Waals surface area contributed by atoms with Gasteiger partial charge >= 0.3 is 12.4 Å². The van der Waals surface area contributed by atoms with E-state index in [4.69, 9.17) is 10.00 Å². The predicted molar refractivity (Wildman–Crippen MR) is 93.0 cm³/mol. The second-order valence-electron chi connectivity index (χ2n) is 6.67. The number of nitriles is 1. The highest BCUT2D eigenvalue weighted by molar-refractivity contribution is 5.56. The van der Waals surface area contributed by atoms with E-state index in [1.165, 1.54) is 6.07 Å². The molecule has 0 bridgehead atoms. The Morgan fingerprint density at radius 1 is 1.03 bits per heavy atom. The number of rotatable bonds is 4. The molecule has 1 saturated heterocycles. The SMILES string of the molecule is N#Cc1ccc(N2C[C@@H](CCc3ccccc3)O[C@@H]2C(F)(F)F)cc1C(F)(F)F. The average molecular weight is 414 g/mol. The first-order valence-corrected chi connectivity index (χ1v) is 8.73. The van der Waals surface area contributed by atoms with Crippen LogP contribution in [0.3, 0.4) is 0 Å². The predicted octanol–water partition coefficient (Wildman–Crippen LogP) is 5.30. The van der Waals surface area contributed by atoms with E-state index in [1.807, 2.05) is 30.3 Å². The summed E-state index contributed by atoms with van der Waals surface area (Å²) in [5.41, 5.74) is -1.28. The summed E-state index contributed by atoms with van der Waals surface area (Å²) < 4.78 is 85.2. The van der Waals surface area contributed by atoms with Crippen LogP contribution in [0.5, 0.6) is 0 Å². The third kappa shape index (κ3) is 4.82. The molecule has 0 spiro atoms. The summed E-state index contributed by atoms with van der Waals surface area (Å²) in [6, 6.07) is 13.1. The molecule has 9 heteroatoms. The van der Waals surface area contributed by atoms with E-state index in [0.29, 0.717) is 12.5 Å². The van der Waals surface area contributed by atoms with E-state index in [9.17, 15) is 26.3 Å². The van der Waals surface area contributed by atoms with Crippen LogP contribution in [0.25, 0.3) is 0 Å². The molecular formula is C20H16F6N2O. The average Bonchev–Trinajstić information content (AvgIpc) is 3.11. The molecule has 2 atom stereocenters. The van der Waals surface area contributed by atoms with Crippen LogP contribution >= 0.6 is 0 Å². The Kier molecular flexibility index (Phi) is 5.75. The number of hydrogen-bond donors (Lipinski definition) is 0. The van der Waals surface area contributed by atoms with Crippen molar-refractivity contribution >= 4 is 5.69 Å². The van der Waals surface area contributed by atoms with Gasteiger partial charge in [-0.05, 0) is 36.6 Å². The van der Waals surface area contributed by atoms with Gasteiger partial charge in [0.2, 0.25) is 6.23 Å². The Labute approximate surface area is 163 Å². The lowest BCUT2D eigenvalue weighted by Gasteiger charge is -2.27. The van der Waals surface area contributed by atoms with Gasteiger partial charge in [-0.2, -0.15) is 31.6 Å². The molecule has 0 unspecified atom stereocenters. The third-order valence-electron chi connectivity index (χ3n) is 4.64. The van der Waals surface area contributed by atoms with Crippen LogP contribution in [0.15, 0.2) is 48.5 Å². The first kappa shape index (κ1) is 21.0. The van der Waals surface area contributed by atoms with Crippen molar-refractivity contribution in [2.45, 2.75) is 37.5 Å². The van der Waals surface area contributed by atoms with Gasteiger partial charge in [-0.3, -0.25) is 0 Å². The van der Waals surface area contributed by atoms with Gasteiger partial charge in [-0.25, -0.2) is 0 Å². The number of anilines is 1. The molecule has 29 heavy (non-hydrogen) atoms. The number of nitrogens with zero attached hydrogens (tertiary/aromatic N) is 2. The van der Waals surface area contributed by atoms with Crippen molar-refractivity contribution in [2.75, 3.05) is 11.4 Å². The summed E-state index contributed by atoms with van der Waals surface area (Å²) in [5.74, 6) is 0. The van der Waals surface area contributed by atoms with Crippen LogP contribution in [0.4, 0.5) is 32.0 Å². The molecule has 1 aliphatic heterocycles. The molecule has 1 fully saturated rings. The van der Waals surface area contributed by atoms with Crippen molar-refractivity contribution in [1.29, 1.82) is 5.26 Å². The fourth-order valence-electron chi connectivity index (χ4n) is 3.28. The number of alkyl halides is 6. The maximum atomic E-state index is 13.5. The Morgan fingerprint density at radius 2 is 1.72 bits per heavy atom. The lowest BCUT2D eigenvalue weighted by Crippen LogP contribution is -2.42. The topological polar surface area (TPSA) is 36.3 Å². The number of ether oxygens (including phenoxy) is 1. The van der Waals surface area contributed by atoms with Crippen molar-refractivity contribution < 1.29 is 31.1 Å². The maximum Gasteiger partial charge on any atom is 0.433 e. The van der Waals surface area contributed by atoms with Crippen LogP contribution < -0.4 is 4.90 Å². The Bertz CT molecular complexity index is 889. The fourth-order valence-corrected chi connectivity index (χ4v) is 3.28. The summed E-state index contributed by atoms with van der Waals surface area (Å²) >= 11 is 0. The highest BCUT2D eigenvalue weighted by Crippen LogP contribution is 2.39. The highest BCUT2D eigenvalue weighted by Gasteiger charge is 2.51. The summed E-state index contributed by atoms with van der Waals surface area (Å²) in [6.45, 7) is -0.208. The molecule has 0 aliphatic carbocycles. The van der Waals surface area contributed by atoms with Crippen molar-refractivity contribution in [1.82, 2.24) is 0 Å². The molecule has 0 saturated carbocycles. The van der Waals surface area contributed by atoms with Crippen LogP contribution in [0.2, 0.25) is 0 Å². The second-order valence-corrected chi connectivity index (χ2v) is 6.67. The second kappa shape index (κ2) is 7.95. The molecule has 1 heterocycles. The van der Waals surface area contributed by atoms with Crippen LogP contribution in [-0.2, 0) is 17.3 Å². The molecule has 0 amide bonds. The monoisotopic (exact) mass is 414 g/mol. The van der Waals surface area contributed by atoms with Crippen molar-refractivity contribution in [3.63, 3.8) is 0 Å². The third-order valence-corrected chi connectivity index (χ3v) is 4.64. The summed E-state index contributed by atoms with van der Waals surface area (Å²) in [7, 11) is 0. The minimum Gasteiger partial charge on any atom is -0.345 e. The zero-order valence-corrected chi connectivity index (χ0v) is 15.0. The van der Waals surface area contributed by atoms with Crippen molar-refractivity contribution in [3.05, 3.63) is 65.2 Å². The fraction of sp³-hybridized carbons (Fsp3) is 0.350. The molecule has 2 aromatic carbocycles. The maximum absolute atomic E-state index is 13.5. The van der Waals surface area contributed by atoms with E-state index < -0.39 is 35.8 Å². The van der Waals surface area contributed by atoms with E-state index in [0.717, 1.165) is 22.6 Å². The normalized spacial score (nSPS) is 20.0. The van der Waals surface area contributed by atoms with E-state index in [1.54, 1.807) is 0 Å². The lowest BCUT2D eigenvalue weighted by atomic mass is 10.1. The van der Waals surface area contributed by atoms with Crippen LogP contribution in [0.1, 0.15) is 23.1 Å². The molecule has 2 aromatic rings. The quantitative estimate of drug-likeness (QED) is 0.637. The molecule has 3 nitrogen and oxygen atoms in total. The van der Waals surface area contributed by atoms with Crippen molar-refractivity contribution in [3.8, 4) is 6.07 Å². The van der Waals surface area contributed by atoms with Crippen LogP contribution in [0, 0.1) is 11.3 Å². The Hall–Kier alpha value is -2.73. The number of hydrogen-bond acceptors (Lipinski definition) is 3. The first-order chi connectivity index (χ1) is 13.6. The first-order valence-electron chi connectivity index (χ1n) is 8.73. The molecule has 0 radical (unpaired) electrons.